The Morgan fingerprint density at radius 1 is 1.19 bits per heavy atom. The van der Waals surface area contributed by atoms with Crippen LogP contribution in [-0.4, -0.2) is 20.9 Å². The monoisotopic (exact) mass is 370 g/mol. The number of aromatic nitrogens is 2. The highest BCUT2D eigenvalue weighted by molar-refractivity contribution is 5.98. The van der Waals surface area contributed by atoms with Crippen molar-refractivity contribution < 1.29 is 14.3 Å². The van der Waals surface area contributed by atoms with Crippen molar-refractivity contribution in [3.63, 3.8) is 0 Å². The highest BCUT2D eigenvalue weighted by atomic mass is 16.5. The molecule has 0 radical (unpaired) electrons. The number of benzene rings is 1. The van der Waals surface area contributed by atoms with Crippen molar-refractivity contribution in [2.45, 2.75) is 46.1 Å². The normalized spacial score (nSPS) is 14.3. The average molecular weight is 370 g/mol. The second-order valence-electron chi connectivity index (χ2n) is 6.75. The van der Waals surface area contributed by atoms with Crippen LogP contribution in [0.25, 0.3) is 10.9 Å². The molecule has 1 aliphatic rings. The number of aryl methyl sites for hydroxylation is 2. The Morgan fingerprint density at radius 3 is 2.59 bits per heavy atom. The Balaban J connectivity index is 2.12. The van der Waals surface area contributed by atoms with Crippen LogP contribution in [0.1, 0.15) is 48.5 Å². The minimum absolute atomic E-state index is 0.0586. The summed E-state index contributed by atoms with van der Waals surface area (Å²) in [6, 6.07) is 3.13. The first-order chi connectivity index (χ1) is 12.8. The van der Waals surface area contributed by atoms with Gasteiger partial charge in [-0.25, -0.2) is 9.59 Å². The topological polar surface area (TPSA) is 87.4 Å². The van der Waals surface area contributed by atoms with Gasteiger partial charge in [0, 0.05) is 32.5 Å². The highest BCUT2D eigenvalue weighted by Gasteiger charge is 2.21. The van der Waals surface area contributed by atoms with E-state index < -0.39 is 11.5 Å². The molecule has 27 heavy (non-hydrogen) atoms. The van der Waals surface area contributed by atoms with Crippen molar-refractivity contribution in [1.82, 2.24) is 9.13 Å². The molecule has 0 amide bonds. The van der Waals surface area contributed by atoms with E-state index in [-0.39, 0.29) is 17.0 Å². The number of fused-ring (bicyclic) bond motifs is 1. The largest absolute Gasteiger partial charge is 0.427 e. The summed E-state index contributed by atoms with van der Waals surface area (Å²) >= 11 is 0. The molecule has 142 valence electrons. The SMILES string of the molecule is CCCn1c(=O)c2c(C)c(C(=O)OC3=CC(=O)CCC3)ccc2n(C)c1=O. The van der Waals surface area contributed by atoms with Gasteiger partial charge in [-0.15, -0.1) is 0 Å². The van der Waals surface area contributed by atoms with Gasteiger partial charge in [0.1, 0.15) is 5.76 Å². The van der Waals surface area contributed by atoms with Gasteiger partial charge >= 0.3 is 11.7 Å². The predicted molar refractivity (Wildman–Crippen MR) is 101 cm³/mol. The fraction of sp³-hybridized carbons (Fsp3) is 0.400. The molecule has 0 N–H and O–H groups in total. The highest BCUT2D eigenvalue weighted by Crippen LogP contribution is 2.22. The lowest BCUT2D eigenvalue weighted by Crippen LogP contribution is -2.39. The second-order valence-corrected chi connectivity index (χ2v) is 6.75. The molecule has 0 unspecified atom stereocenters. The molecule has 3 rings (SSSR count). The molecule has 0 saturated heterocycles. The number of rotatable bonds is 4. The number of hydrogen-bond donors (Lipinski definition) is 0. The Labute approximate surface area is 155 Å². The molecule has 0 atom stereocenters. The zero-order chi connectivity index (χ0) is 19.7. The van der Waals surface area contributed by atoms with Crippen LogP contribution < -0.4 is 11.2 Å². The van der Waals surface area contributed by atoms with E-state index in [9.17, 15) is 19.2 Å². The summed E-state index contributed by atoms with van der Waals surface area (Å²) in [6.45, 7) is 3.86. The number of carbonyl (C=O) groups is 2. The van der Waals surface area contributed by atoms with Crippen LogP contribution >= 0.6 is 0 Å². The van der Waals surface area contributed by atoms with Crippen molar-refractivity contribution in [2.75, 3.05) is 0 Å². The third kappa shape index (κ3) is 3.37. The van der Waals surface area contributed by atoms with E-state index in [1.54, 1.807) is 26.1 Å². The zero-order valence-electron chi connectivity index (χ0n) is 15.7. The van der Waals surface area contributed by atoms with E-state index in [1.807, 2.05) is 6.92 Å². The molecule has 7 heteroatoms. The third-order valence-corrected chi connectivity index (χ3v) is 4.84. The van der Waals surface area contributed by atoms with Crippen LogP contribution in [0.2, 0.25) is 0 Å². The zero-order valence-corrected chi connectivity index (χ0v) is 15.7. The van der Waals surface area contributed by atoms with Crippen molar-refractivity contribution in [3.8, 4) is 0 Å². The van der Waals surface area contributed by atoms with Gasteiger partial charge in [0.15, 0.2) is 5.78 Å². The number of hydrogen-bond acceptors (Lipinski definition) is 5. The molecule has 1 aromatic carbocycles. The maximum atomic E-state index is 12.9. The smallest absolute Gasteiger partial charge is 0.343 e. The van der Waals surface area contributed by atoms with Crippen LogP contribution in [0.5, 0.6) is 0 Å². The quantitative estimate of drug-likeness (QED) is 0.770. The van der Waals surface area contributed by atoms with Crippen LogP contribution in [0.3, 0.4) is 0 Å². The molecule has 1 heterocycles. The Hall–Kier alpha value is -2.96. The molecule has 0 aliphatic heterocycles. The van der Waals surface area contributed by atoms with Gasteiger partial charge < -0.3 is 4.74 Å². The summed E-state index contributed by atoms with van der Waals surface area (Å²) in [5, 5.41) is 0.328. The average Bonchev–Trinajstić information content (AvgIpc) is 2.63. The number of ether oxygens (including phenoxy) is 1. The van der Waals surface area contributed by atoms with E-state index >= 15 is 0 Å². The molecule has 0 saturated carbocycles. The standard InChI is InChI=1S/C20H22N2O5/c1-4-10-22-18(24)17-12(2)15(8-9-16(17)21(3)20(22)26)19(25)27-14-7-5-6-13(23)11-14/h8-9,11H,4-7,10H2,1-3H3. The van der Waals surface area contributed by atoms with Crippen molar-refractivity contribution >= 4 is 22.7 Å². The Kier molecular flexibility index (Phi) is 5.12. The van der Waals surface area contributed by atoms with Crippen LogP contribution in [-0.2, 0) is 23.1 Å². The fourth-order valence-corrected chi connectivity index (χ4v) is 3.41. The van der Waals surface area contributed by atoms with Crippen LogP contribution in [0.15, 0.2) is 33.6 Å². The van der Waals surface area contributed by atoms with Gasteiger partial charge in [-0.05, 0) is 37.5 Å². The lowest BCUT2D eigenvalue weighted by molar-refractivity contribution is -0.115. The van der Waals surface area contributed by atoms with E-state index in [2.05, 4.69) is 0 Å². The van der Waals surface area contributed by atoms with Gasteiger partial charge in [0.05, 0.1) is 16.5 Å². The third-order valence-electron chi connectivity index (χ3n) is 4.84. The van der Waals surface area contributed by atoms with Crippen molar-refractivity contribution in [3.05, 3.63) is 55.9 Å². The Bertz CT molecular complexity index is 1090. The predicted octanol–water partition coefficient (Wildman–Crippen LogP) is 2.21. The summed E-state index contributed by atoms with van der Waals surface area (Å²) in [5.41, 5.74) is 0.397. The maximum Gasteiger partial charge on any atom is 0.343 e. The number of nitrogens with zero attached hydrogens (tertiary/aromatic N) is 2. The van der Waals surface area contributed by atoms with Crippen LogP contribution in [0, 0.1) is 6.92 Å². The second kappa shape index (κ2) is 7.34. The van der Waals surface area contributed by atoms with Gasteiger partial charge in [0.25, 0.3) is 5.56 Å². The lowest BCUT2D eigenvalue weighted by atomic mass is 10.0. The molecule has 7 nitrogen and oxygen atoms in total. The number of allylic oxidation sites excluding steroid dienone is 2. The van der Waals surface area contributed by atoms with E-state index in [4.69, 9.17) is 4.74 Å². The number of ketones is 1. The minimum Gasteiger partial charge on any atom is -0.427 e. The molecule has 1 aliphatic carbocycles. The van der Waals surface area contributed by atoms with Crippen molar-refractivity contribution in [2.24, 2.45) is 7.05 Å². The van der Waals surface area contributed by atoms with Gasteiger partial charge in [0.2, 0.25) is 0 Å². The summed E-state index contributed by atoms with van der Waals surface area (Å²) in [5.74, 6) is -0.318. The van der Waals surface area contributed by atoms with Gasteiger partial charge in [-0.3, -0.25) is 18.7 Å². The van der Waals surface area contributed by atoms with E-state index in [1.165, 1.54) is 15.2 Å². The van der Waals surface area contributed by atoms with E-state index in [0.29, 0.717) is 54.5 Å². The first kappa shape index (κ1) is 18.8. The number of esters is 1. The van der Waals surface area contributed by atoms with Crippen LogP contribution in [0.4, 0.5) is 0 Å². The summed E-state index contributed by atoms with van der Waals surface area (Å²) < 4.78 is 7.97. The molecule has 0 spiro atoms. The first-order valence-electron chi connectivity index (χ1n) is 9.03. The molecule has 2 aromatic rings. The minimum atomic E-state index is -0.606. The lowest BCUT2D eigenvalue weighted by Gasteiger charge is -2.15. The maximum absolute atomic E-state index is 12.9. The molecule has 0 fully saturated rings. The summed E-state index contributed by atoms with van der Waals surface area (Å²) in [6.07, 6.45) is 3.64. The Morgan fingerprint density at radius 2 is 1.93 bits per heavy atom. The summed E-state index contributed by atoms with van der Waals surface area (Å²) in [7, 11) is 1.60. The van der Waals surface area contributed by atoms with E-state index in [0.717, 1.165) is 0 Å². The molecular weight excluding hydrogens is 348 g/mol. The van der Waals surface area contributed by atoms with Crippen molar-refractivity contribution in [1.29, 1.82) is 0 Å². The fourth-order valence-electron chi connectivity index (χ4n) is 3.41. The van der Waals surface area contributed by atoms with Gasteiger partial charge in [-0.1, -0.05) is 6.92 Å². The summed E-state index contributed by atoms with van der Waals surface area (Å²) in [4.78, 5) is 49.4. The first-order valence-corrected chi connectivity index (χ1v) is 9.03. The number of carbonyl (C=O) groups excluding carboxylic acids is 2. The molecular formula is C20H22N2O5. The molecule has 1 aromatic heterocycles. The molecule has 0 bridgehead atoms. The van der Waals surface area contributed by atoms with Gasteiger partial charge in [-0.2, -0.15) is 0 Å².